The molecule has 1 amide bonds. The first-order valence-electron chi connectivity index (χ1n) is 9.00. The summed E-state index contributed by atoms with van der Waals surface area (Å²) in [5.74, 6) is -0.473. The Labute approximate surface area is 161 Å². The van der Waals surface area contributed by atoms with Crippen LogP contribution in [0.1, 0.15) is 36.4 Å². The van der Waals surface area contributed by atoms with Crippen molar-refractivity contribution >= 4 is 17.8 Å². The normalized spacial score (nSPS) is 16.0. The molecule has 1 aromatic carbocycles. The highest BCUT2D eigenvalue weighted by atomic mass is 16.6. The molecule has 9 heteroatoms. The molecule has 9 nitrogen and oxygen atoms in total. The van der Waals surface area contributed by atoms with Crippen molar-refractivity contribution < 1.29 is 14.8 Å². The Kier molecular flexibility index (Phi) is 6.28. The van der Waals surface area contributed by atoms with Gasteiger partial charge in [0.05, 0.1) is 11.1 Å². The lowest BCUT2D eigenvalue weighted by molar-refractivity contribution is -0.384. The lowest BCUT2D eigenvalue weighted by Gasteiger charge is -2.33. The van der Waals surface area contributed by atoms with E-state index in [2.05, 4.69) is 20.4 Å². The Hall–Kier alpha value is -3.33. The van der Waals surface area contributed by atoms with Crippen molar-refractivity contribution in [2.24, 2.45) is 5.10 Å². The average Bonchev–Trinajstić information content (AvgIpc) is 2.71. The van der Waals surface area contributed by atoms with Gasteiger partial charge in [-0.05, 0) is 49.7 Å². The van der Waals surface area contributed by atoms with Crippen LogP contribution in [0.5, 0.6) is 5.75 Å². The van der Waals surface area contributed by atoms with Gasteiger partial charge in [0.2, 0.25) is 0 Å². The minimum atomic E-state index is -0.564. The van der Waals surface area contributed by atoms with Crippen LogP contribution in [-0.2, 0) is 4.79 Å². The zero-order valence-corrected chi connectivity index (χ0v) is 15.2. The van der Waals surface area contributed by atoms with E-state index in [9.17, 15) is 20.0 Å². The van der Waals surface area contributed by atoms with Gasteiger partial charge in [0, 0.05) is 30.1 Å². The summed E-state index contributed by atoms with van der Waals surface area (Å²) in [6.07, 6.45) is 7.68. The van der Waals surface area contributed by atoms with Crippen molar-refractivity contribution in [1.29, 1.82) is 0 Å². The van der Waals surface area contributed by atoms with Crippen LogP contribution >= 0.6 is 0 Å². The summed E-state index contributed by atoms with van der Waals surface area (Å²) in [7, 11) is 0. The fourth-order valence-electron chi connectivity index (χ4n) is 3.24. The Balaban J connectivity index is 1.76. The fraction of sp³-hybridized carbons (Fsp3) is 0.316. The zero-order valence-electron chi connectivity index (χ0n) is 15.2. The molecule has 1 fully saturated rings. The number of nitrogens with zero attached hydrogens (tertiary/aromatic N) is 4. The van der Waals surface area contributed by atoms with Crippen LogP contribution in [0.25, 0.3) is 0 Å². The van der Waals surface area contributed by atoms with Crippen molar-refractivity contribution in [2.45, 2.75) is 25.3 Å². The molecule has 2 N–H and O–H groups in total. The number of nitrogens with one attached hydrogen (secondary N) is 1. The maximum atomic E-state index is 12.8. The minimum absolute atomic E-state index is 0.146. The Morgan fingerprint density at radius 3 is 2.64 bits per heavy atom. The van der Waals surface area contributed by atoms with Crippen molar-refractivity contribution in [3.63, 3.8) is 0 Å². The van der Waals surface area contributed by atoms with Gasteiger partial charge in [-0.1, -0.05) is 6.42 Å². The largest absolute Gasteiger partial charge is 0.507 e. The third-order valence-corrected chi connectivity index (χ3v) is 4.63. The molecule has 1 saturated heterocycles. The lowest BCUT2D eigenvalue weighted by atomic mass is 10.0. The maximum Gasteiger partial charge on any atom is 0.270 e. The molecule has 2 heterocycles. The summed E-state index contributed by atoms with van der Waals surface area (Å²) >= 11 is 0. The number of amides is 1. The molecule has 0 radical (unpaired) electrons. The second-order valence-corrected chi connectivity index (χ2v) is 6.51. The number of carbonyl (C=O) groups is 1. The Morgan fingerprint density at radius 2 is 1.96 bits per heavy atom. The first-order valence-corrected chi connectivity index (χ1v) is 9.00. The van der Waals surface area contributed by atoms with E-state index in [0.29, 0.717) is 0 Å². The van der Waals surface area contributed by atoms with Crippen LogP contribution in [0.2, 0.25) is 0 Å². The Morgan fingerprint density at radius 1 is 1.25 bits per heavy atom. The predicted octanol–water partition coefficient (Wildman–Crippen LogP) is 2.37. The quantitative estimate of drug-likeness (QED) is 0.449. The number of aromatic nitrogens is 1. The van der Waals surface area contributed by atoms with Gasteiger partial charge in [-0.3, -0.25) is 24.8 Å². The fourth-order valence-corrected chi connectivity index (χ4v) is 3.24. The van der Waals surface area contributed by atoms with Gasteiger partial charge in [-0.25, -0.2) is 5.43 Å². The predicted molar refractivity (Wildman–Crippen MR) is 103 cm³/mol. The number of hydrogen-bond acceptors (Lipinski definition) is 7. The lowest BCUT2D eigenvalue weighted by Crippen LogP contribution is -2.41. The second kappa shape index (κ2) is 9.05. The molecule has 0 aliphatic carbocycles. The molecule has 1 aliphatic rings. The minimum Gasteiger partial charge on any atom is -0.507 e. The molecule has 0 spiro atoms. The van der Waals surface area contributed by atoms with E-state index >= 15 is 0 Å². The summed E-state index contributed by atoms with van der Waals surface area (Å²) in [5.41, 5.74) is 3.29. The second-order valence-electron chi connectivity index (χ2n) is 6.51. The number of benzene rings is 1. The van der Waals surface area contributed by atoms with Crippen molar-refractivity contribution in [2.75, 3.05) is 13.1 Å². The first kappa shape index (κ1) is 19.4. The summed E-state index contributed by atoms with van der Waals surface area (Å²) in [5, 5.41) is 24.6. The molecule has 0 bridgehead atoms. The monoisotopic (exact) mass is 383 g/mol. The van der Waals surface area contributed by atoms with Crippen LogP contribution in [0.3, 0.4) is 0 Å². The van der Waals surface area contributed by atoms with E-state index in [1.165, 1.54) is 24.4 Å². The van der Waals surface area contributed by atoms with Crippen LogP contribution < -0.4 is 5.43 Å². The molecule has 146 valence electrons. The van der Waals surface area contributed by atoms with Crippen LogP contribution in [0.4, 0.5) is 5.69 Å². The number of hydrazone groups is 1. The number of aromatic hydroxyl groups is 1. The molecule has 1 atom stereocenters. The first-order chi connectivity index (χ1) is 13.6. The van der Waals surface area contributed by atoms with E-state index in [1.54, 1.807) is 24.5 Å². The summed E-state index contributed by atoms with van der Waals surface area (Å²) in [6.45, 7) is 1.63. The number of hydrogen-bond donors (Lipinski definition) is 2. The number of piperidine rings is 1. The third-order valence-electron chi connectivity index (χ3n) is 4.63. The SMILES string of the molecule is O=C(N/N=C/c1cc([N+](=O)[O-])ccc1O)C(c1ccncc1)N1CCCCC1. The third kappa shape index (κ3) is 4.68. The standard InChI is InChI=1S/C19H21N5O4/c25-17-5-4-16(24(27)28)12-15(17)13-21-22-19(26)18(14-6-8-20-9-7-14)23-10-2-1-3-11-23/h4-9,12-13,18,25H,1-3,10-11H2,(H,22,26)/b21-13+. The highest BCUT2D eigenvalue weighted by Crippen LogP contribution is 2.25. The molecule has 28 heavy (non-hydrogen) atoms. The van der Waals surface area contributed by atoms with E-state index in [-0.39, 0.29) is 22.9 Å². The molecule has 1 aromatic heterocycles. The summed E-state index contributed by atoms with van der Waals surface area (Å²) in [6, 6.07) is 6.70. The van der Waals surface area contributed by atoms with Gasteiger partial charge in [0.15, 0.2) is 0 Å². The average molecular weight is 383 g/mol. The smallest absolute Gasteiger partial charge is 0.270 e. The zero-order chi connectivity index (χ0) is 19.9. The van der Waals surface area contributed by atoms with E-state index in [1.807, 2.05) is 0 Å². The number of nitro benzene ring substituents is 1. The number of pyridine rings is 1. The number of rotatable bonds is 6. The maximum absolute atomic E-state index is 12.8. The molecule has 1 aliphatic heterocycles. The number of carbonyl (C=O) groups excluding carboxylic acids is 1. The molecule has 0 saturated carbocycles. The van der Waals surface area contributed by atoms with Gasteiger partial charge in [0.1, 0.15) is 11.8 Å². The molecule has 2 aromatic rings. The number of phenols is 1. The van der Waals surface area contributed by atoms with Gasteiger partial charge in [0.25, 0.3) is 11.6 Å². The molecular weight excluding hydrogens is 362 g/mol. The molecule has 3 rings (SSSR count). The number of nitro groups is 1. The topological polar surface area (TPSA) is 121 Å². The molecule has 1 unspecified atom stereocenters. The van der Waals surface area contributed by atoms with Crippen LogP contribution in [0, 0.1) is 10.1 Å². The Bertz CT molecular complexity index is 866. The van der Waals surface area contributed by atoms with Crippen molar-refractivity contribution in [3.05, 3.63) is 64.0 Å². The van der Waals surface area contributed by atoms with Gasteiger partial charge in [-0.15, -0.1) is 0 Å². The summed E-state index contributed by atoms with van der Waals surface area (Å²) in [4.78, 5) is 29.2. The van der Waals surface area contributed by atoms with Gasteiger partial charge < -0.3 is 5.11 Å². The number of phenolic OH excluding ortho intramolecular Hbond substituents is 1. The van der Waals surface area contributed by atoms with E-state index < -0.39 is 11.0 Å². The highest BCUT2D eigenvalue weighted by Gasteiger charge is 2.28. The van der Waals surface area contributed by atoms with Crippen molar-refractivity contribution in [1.82, 2.24) is 15.3 Å². The van der Waals surface area contributed by atoms with Crippen LogP contribution in [0.15, 0.2) is 47.8 Å². The summed E-state index contributed by atoms with van der Waals surface area (Å²) < 4.78 is 0. The molecular formula is C19H21N5O4. The van der Waals surface area contributed by atoms with Crippen LogP contribution in [-0.4, -0.2) is 45.1 Å². The highest BCUT2D eigenvalue weighted by molar-refractivity contribution is 5.87. The van der Waals surface area contributed by atoms with Gasteiger partial charge in [-0.2, -0.15) is 5.10 Å². The van der Waals surface area contributed by atoms with E-state index in [0.717, 1.165) is 37.9 Å². The van der Waals surface area contributed by atoms with Gasteiger partial charge >= 0.3 is 0 Å². The number of likely N-dealkylation sites (tertiary alicyclic amines) is 1. The van der Waals surface area contributed by atoms with Crippen molar-refractivity contribution in [3.8, 4) is 5.75 Å². The van der Waals surface area contributed by atoms with E-state index in [4.69, 9.17) is 0 Å². The number of non-ortho nitro benzene ring substituents is 1.